The maximum absolute atomic E-state index is 12.3. The van der Waals surface area contributed by atoms with Gasteiger partial charge in [0.05, 0.1) is 18.4 Å². The zero-order valence-electron chi connectivity index (χ0n) is 10.8. The van der Waals surface area contributed by atoms with Crippen molar-refractivity contribution in [2.24, 2.45) is 0 Å². The average molecular weight is 312 g/mol. The highest BCUT2D eigenvalue weighted by atomic mass is 32.2. The van der Waals surface area contributed by atoms with Gasteiger partial charge in [0, 0.05) is 6.07 Å². The number of anilines is 1. The van der Waals surface area contributed by atoms with E-state index in [0.29, 0.717) is 17.0 Å². The van der Waals surface area contributed by atoms with Crippen LogP contribution in [0.2, 0.25) is 0 Å². The molecular formula is C13H14NO4S2+. The molecule has 0 radical (unpaired) electrons. The van der Waals surface area contributed by atoms with Gasteiger partial charge in [-0.2, -0.15) is 0 Å². The highest BCUT2D eigenvalue weighted by Crippen LogP contribution is 2.26. The molecule has 0 saturated heterocycles. The van der Waals surface area contributed by atoms with Crippen LogP contribution >= 0.6 is 11.3 Å². The second-order valence-corrected chi connectivity index (χ2v) is 6.71. The molecule has 1 aromatic carbocycles. The minimum atomic E-state index is -3.64. The molecule has 106 valence electrons. The Balaban J connectivity index is 2.30. The first-order valence-corrected chi connectivity index (χ1v) is 8.03. The molecule has 0 spiro atoms. The van der Waals surface area contributed by atoms with Crippen molar-refractivity contribution in [1.29, 1.82) is 0 Å². The lowest BCUT2D eigenvalue weighted by Gasteiger charge is -2.08. The summed E-state index contributed by atoms with van der Waals surface area (Å²) in [4.78, 5) is 0. The highest BCUT2D eigenvalue weighted by molar-refractivity contribution is 7.94. The van der Waals surface area contributed by atoms with Crippen LogP contribution in [0.1, 0.15) is 5.56 Å². The third kappa shape index (κ3) is 3.17. The van der Waals surface area contributed by atoms with E-state index in [0.717, 1.165) is 11.3 Å². The number of ether oxygens (including phenoxy) is 1. The van der Waals surface area contributed by atoms with Crippen LogP contribution in [0, 0.1) is 0 Å². The number of nitrogens with one attached hydrogen (secondary N) is 1. The molecule has 20 heavy (non-hydrogen) atoms. The SMILES string of the molecule is C=[O+]Cc1ccsc1S(=O)(=O)Nc1cccc(OC)c1. The summed E-state index contributed by atoms with van der Waals surface area (Å²) in [5, 5.41) is 1.70. The Morgan fingerprint density at radius 2 is 2.20 bits per heavy atom. The van der Waals surface area contributed by atoms with Crippen LogP contribution in [0.3, 0.4) is 0 Å². The van der Waals surface area contributed by atoms with Gasteiger partial charge in [0.25, 0.3) is 23.4 Å². The van der Waals surface area contributed by atoms with E-state index in [1.54, 1.807) is 35.7 Å². The molecule has 2 aromatic rings. The summed E-state index contributed by atoms with van der Waals surface area (Å²) in [5.74, 6) is 0.581. The highest BCUT2D eigenvalue weighted by Gasteiger charge is 2.22. The van der Waals surface area contributed by atoms with Crippen molar-refractivity contribution in [1.82, 2.24) is 0 Å². The van der Waals surface area contributed by atoms with Gasteiger partial charge in [-0.05, 0) is 23.6 Å². The summed E-state index contributed by atoms with van der Waals surface area (Å²) >= 11 is 1.14. The number of rotatable bonds is 6. The zero-order chi connectivity index (χ0) is 14.6. The van der Waals surface area contributed by atoms with E-state index < -0.39 is 10.0 Å². The lowest BCUT2D eigenvalue weighted by atomic mass is 10.3. The summed E-state index contributed by atoms with van der Waals surface area (Å²) in [6.45, 7) is 3.41. The van der Waals surface area contributed by atoms with Crippen LogP contribution in [0.4, 0.5) is 5.69 Å². The van der Waals surface area contributed by atoms with Gasteiger partial charge in [0.1, 0.15) is 5.75 Å². The number of benzene rings is 1. The lowest BCUT2D eigenvalue weighted by molar-refractivity contribution is -0.465. The quantitative estimate of drug-likeness (QED) is 0.833. The van der Waals surface area contributed by atoms with Crippen molar-refractivity contribution in [3.63, 3.8) is 0 Å². The fraction of sp³-hybridized carbons (Fsp3) is 0.154. The van der Waals surface area contributed by atoms with Gasteiger partial charge < -0.3 is 4.74 Å². The number of sulfonamides is 1. The minimum Gasteiger partial charge on any atom is -0.497 e. The molecule has 0 aliphatic rings. The third-order valence-corrected chi connectivity index (χ3v) is 5.48. The molecule has 1 N–H and O–H groups in total. The van der Waals surface area contributed by atoms with Crippen molar-refractivity contribution >= 4 is 33.8 Å². The van der Waals surface area contributed by atoms with E-state index in [2.05, 4.69) is 11.5 Å². The Kier molecular flexibility index (Phi) is 4.41. The van der Waals surface area contributed by atoms with E-state index in [9.17, 15) is 8.42 Å². The van der Waals surface area contributed by atoms with Crippen LogP contribution < -0.4 is 9.46 Å². The normalized spacial score (nSPS) is 11.1. The molecule has 0 saturated carbocycles. The van der Waals surface area contributed by atoms with Crippen molar-refractivity contribution < 1.29 is 17.6 Å². The molecule has 1 heterocycles. The Morgan fingerprint density at radius 3 is 2.90 bits per heavy atom. The molecule has 5 nitrogen and oxygen atoms in total. The van der Waals surface area contributed by atoms with Gasteiger partial charge in [0.2, 0.25) is 0 Å². The van der Waals surface area contributed by atoms with Crippen molar-refractivity contribution in [2.75, 3.05) is 11.8 Å². The van der Waals surface area contributed by atoms with Crippen molar-refractivity contribution in [3.05, 3.63) is 41.3 Å². The van der Waals surface area contributed by atoms with E-state index >= 15 is 0 Å². The van der Waals surface area contributed by atoms with Crippen molar-refractivity contribution in [2.45, 2.75) is 10.8 Å². The average Bonchev–Trinajstić information content (AvgIpc) is 2.88. The summed E-state index contributed by atoms with van der Waals surface area (Å²) in [7, 11) is -2.12. The Hall–Kier alpha value is -1.86. The van der Waals surface area contributed by atoms with Gasteiger partial charge in [-0.1, -0.05) is 6.07 Å². The predicted octanol–water partition coefficient (Wildman–Crippen LogP) is 2.42. The number of thiophene rings is 1. The van der Waals surface area contributed by atoms with Crippen LogP contribution in [0.25, 0.3) is 0 Å². The smallest absolute Gasteiger partial charge is 0.289 e. The fourth-order valence-electron chi connectivity index (χ4n) is 1.66. The van der Waals surface area contributed by atoms with Gasteiger partial charge in [-0.15, -0.1) is 11.3 Å². The van der Waals surface area contributed by atoms with E-state index in [1.165, 1.54) is 7.11 Å². The first-order chi connectivity index (χ1) is 9.56. The van der Waals surface area contributed by atoms with Crippen LogP contribution in [0.15, 0.2) is 39.9 Å². The van der Waals surface area contributed by atoms with Crippen LogP contribution in [0.5, 0.6) is 5.75 Å². The summed E-state index contributed by atoms with van der Waals surface area (Å²) in [5.41, 5.74) is 1.03. The largest absolute Gasteiger partial charge is 0.497 e. The number of hydrogen-bond donors (Lipinski definition) is 1. The van der Waals surface area contributed by atoms with Gasteiger partial charge in [0.15, 0.2) is 4.21 Å². The molecule has 0 unspecified atom stereocenters. The van der Waals surface area contributed by atoms with Gasteiger partial charge in [-0.3, -0.25) is 9.15 Å². The summed E-state index contributed by atoms with van der Waals surface area (Å²) < 4.78 is 37.2. The molecule has 0 aliphatic heterocycles. The topological polar surface area (TPSA) is 66.7 Å². The first kappa shape index (κ1) is 14.5. The number of carbonyl (C=O) groups excluding carboxylic acids is 1. The predicted molar refractivity (Wildman–Crippen MR) is 78.9 cm³/mol. The fourth-order valence-corrected chi connectivity index (χ4v) is 4.10. The Bertz CT molecular complexity index is 707. The first-order valence-electron chi connectivity index (χ1n) is 5.67. The van der Waals surface area contributed by atoms with Crippen molar-refractivity contribution in [3.8, 4) is 5.75 Å². The second-order valence-electron chi connectivity index (χ2n) is 3.92. The monoisotopic (exact) mass is 312 g/mol. The second kappa shape index (κ2) is 6.06. The summed E-state index contributed by atoms with van der Waals surface area (Å²) in [6, 6.07) is 8.43. The molecule has 1 aromatic heterocycles. The third-order valence-electron chi connectivity index (χ3n) is 2.53. The van der Waals surface area contributed by atoms with E-state index in [-0.39, 0.29) is 10.8 Å². The molecule has 0 bridgehead atoms. The van der Waals surface area contributed by atoms with Gasteiger partial charge in [-0.25, -0.2) is 8.42 Å². The molecule has 7 heteroatoms. The molecule has 0 amide bonds. The lowest BCUT2D eigenvalue weighted by Crippen LogP contribution is -2.13. The molecular weight excluding hydrogens is 298 g/mol. The Morgan fingerprint density at radius 1 is 1.40 bits per heavy atom. The van der Waals surface area contributed by atoms with E-state index in [1.807, 2.05) is 0 Å². The van der Waals surface area contributed by atoms with Crippen LogP contribution in [-0.4, -0.2) is 22.3 Å². The maximum Gasteiger partial charge on any atom is 0.289 e. The maximum atomic E-state index is 12.3. The Labute approximate surface area is 121 Å². The summed E-state index contributed by atoms with van der Waals surface area (Å²) in [6.07, 6.45) is 0. The van der Waals surface area contributed by atoms with E-state index in [4.69, 9.17) is 9.16 Å². The standard InChI is InChI=1S/C13H14NO4S2/c1-17-9-10-6-7-19-13(10)20(15,16)14-11-4-3-5-12(8-11)18-2/h3-8,14H,1,9H2,2H3/q+1. The number of hydrogen-bond acceptors (Lipinski definition) is 4. The molecule has 0 fully saturated rings. The van der Waals surface area contributed by atoms with Gasteiger partial charge >= 0.3 is 0 Å². The molecule has 0 atom stereocenters. The minimum absolute atomic E-state index is 0.151. The van der Waals surface area contributed by atoms with Crippen LogP contribution in [-0.2, 0) is 21.1 Å². The zero-order valence-corrected chi connectivity index (χ0v) is 12.5. The molecule has 0 aliphatic carbocycles. The number of methoxy groups -OCH3 is 1. The molecule has 2 rings (SSSR count).